The standard InChI is InChI=1S/C14H20N4/c1-9-3-4-13(5-10(9)2)18-14-11(7-15)6-12(16)8-17-14/h6,8-10,13H,3-5,16H2,1-2H3,(H,17,18). The SMILES string of the molecule is CC1CCC(Nc2ncc(N)cc2C#N)CC1C. The van der Waals surface area contributed by atoms with Gasteiger partial charge in [-0.05, 0) is 37.2 Å². The summed E-state index contributed by atoms with van der Waals surface area (Å²) in [6.45, 7) is 4.60. The van der Waals surface area contributed by atoms with Crippen molar-refractivity contribution in [3.63, 3.8) is 0 Å². The average molecular weight is 244 g/mol. The normalized spacial score (nSPS) is 27.5. The van der Waals surface area contributed by atoms with Crippen LogP contribution in [0.1, 0.15) is 38.7 Å². The molecule has 2 rings (SSSR count). The summed E-state index contributed by atoms with van der Waals surface area (Å²) in [6.07, 6.45) is 5.11. The average Bonchev–Trinajstić information content (AvgIpc) is 2.36. The smallest absolute Gasteiger partial charge is 0.144 e. The van der Waals surface area contributed by atoms with Crippen LogP contribution in [-0.2, 0) is 0 Å². The molecule has 0 aliphatic heterocycles. The number of aromatic nitrogens is 1. The Morgan fingerprint density at radius 2 is 2.17 bits per heavy atom. The van der Waals surface area contributed by atoms with Crippen LogP contribution in [0.25, 0.3) is 0 Å². The van der Waals surface area contributed by atoms with Crippen LogP contribution in [0.3, 0.4) is 0 Å². The molecule has 1 saturated carbocycles. The minimum absolute atomic E-state index is 0.416. The lowest BCUT2D eigenvalue weighted by molar-refractivity contribution is 0.260. The van der Waals surface area contributed by atoms with Gasteiger partial charge in [0, 0.05) is 6.04 Å². The van der Waals surface area contributed by atoms with E-state index in [0.717, 1.165) is 24.7 Å². The molecule has 0 radical (unpaired) electrons. The quantitative estimate of drug-likeness (QED) is 0.838. The molecule has 1 aliphatic carbocycles. The van der Waals surface area contributed by atoms with E-state index < -0.39 is 0 Å². The maximum absolute atomic E-state index is 9.08. The largest absolute Gasteiger partial charge is 0.397 e. The Kier molecular flexibility index (Phi) is 3.71. The molecule has 0 aromatic carbocycles. The van der Waals surface area contributed by atoms with Crippen LogP contribution in [0, 0.1) is 23.2 Å². The molecular formula is C14H20N4. The molecule has 0 amide bonds. The Hall–Kier alpha value is -1.76. The first-order chi connectivity index (χ1) is 8.60. The zero-order valence-electron chi connectivity index (χ0n) is 11.0. The van der Waals surface area contributed by atoms with Crippen molar-refractivity contribution in [3.05, 3.63) is 17.8 Å². The summed E-state index contributed by atoms with van der Waals surface area (Å²) < 4.78 is 0. The molecule has 3 atom stereocenters. The van der Waals surface area contributed by atoms with Crippen LogP contribution in [0.5, 0.6) is 0 Å². The highest BCUT2D eigenvalue weighted by atomic mass is 15.0. The molecule has 1 aliphatic rings. The van der Waals surface area contributed by atoms with E-state index in [1.165, 1.54) is 6.42 Å². The number of pyridine rings is 1. The van der Waals surface area contributed by atoms with Crippen molar-refractivity contribution in [1.82, 2.24) is 4.98 Å². The van der Waals surface area contributed by atoms with Crippen LogP contribution in [0.15, 0.2) is 12.3 Å². The third kappa shape index (κ3) is 2.73. The van der Waals surface area contributed by atoms with Crippen molar-refractivity contribution in [2.75, 3.05) is 11.1 Å². The number of nitrogen functional groups attached to an aromatic ring is 1. The number of nitrogens with zero attached hydrogens (tertiary/aromatic N) is 2. The highest BCUT2D eigenvalue weighted by Crippen LogP contribution is 2.31. The summed E-state index contributed by atoms with van der Waals surface area (Å²) in [5.74, 6) is 2.17. The van der Waals surface area contributed by atoms with Gasteiger partial charge in [0.25, 0.3) is 0 Å². The summed E-state index contributed by atoms with van der Waals surface area (Å²) in [5.41, 5.74) is 6.69. The first-order valence-electron chi connectivity index (χ1n) is 6.52. The van der Waals surface area contributed by atoms with Crippen LogP contribution in [0.2, 0.25) is 0 Å². The maximum atomic E-state index is 9.08. The van der Waals surface area contributed by atoms with Gasteiger partial charge >= 0.3 is 0 Å². The van der Waals surface area contributed by atoms with E-state index >= 15 is 0 Å². The van der Waals surface area contributed by atoms with Crippen molar-refractivity contribution in [2.24, 2.45) is 11.8 Å². The minimum atomic E-state index is 0.416. The zero-order chi connectivity index (χ0) is 13.1. The summed E-state index contributed by atoms with van der Waals surface area (Å²) in [7, 11) is 0. The molecule has 0 spiro atoms. The van der Waals surface area contributed by atoms with Crippen LogP contribution < -0.4 is 11.1 Å². The topological polar surface area (TPSA) is 74.7 Å². The van der Waals surface area contributed by atoms with E-state index in [9.17, 15) is 0 Å². The van der Waals surface area contributed by atoms with Crippen molar-refractivity contribution < 1.29 is 0 Å². The fraction of sp³-hybridized carbons (Fsp3) is 0.571. The Morgan fingerprint density at radius 3 is 2.83 bits per heavy atom. The van der Waals surface area contributed by atoms with Gasteiger partial charge in [0.1, 0.15) is 11.9 Å². The number of nitriles is 1. The highest BCUT2D eigenvalue weighted by Gasteiger charge is 2.25. The van der Waals surface area contributed by atoms with Gasteiger partial charge in [-0.25, -0.2) is 4.98 Å². The predicted octanol–water partition coefficient (Wildman–Crippen LogP) is 2.77. The zero-order valence-corrected chi connectivity index (χ0v) is 11.0. The van der Waals surface area contributed by atoms with E-state index in [1.807, 2.05) is 0 Å². The van der Waals surface area contributed by atoms with Crippen LogP contribution in [0.4, 0.5) is 11.5 Å². The lowest BCUT2D eigenvalue weighted by Crippen LogP contribution is -2.30. The Bertz CT molecular complexity index is 463. The molecule has 96 valence electrons. The summed E-state index contributed by atoms with van der Waals surface area (Å²) in [6, 6.07) is 4.23. The number of nitrogens with one attached hydrogen (secondary N) is 1. The van der Waals surface area contributed by atoms with Crippen LogP contribution >= 0.6 is 0 Å². The van der Waals surface area contributed by atoms with Gasteiger partial charge in [-0.1, -0.05) is 13.8 Å². The molecule has 18 heavy (non-hydrogen) atoms. The number of anilines is 2. The third-order valence-corrected chi connectivity index (χ3v) is 3.97. The Balaban J connectivity index is 2.08. The van der Waals surface area contributed by atoms with Crippen molar-refractivity contribution >= 4 is 11.5 Å². The highest BCUT2D eigenvalue weighted by molar-refractivity contribution is 5.57. The fourth-order valence-corrected chi connectivity index (χ4v) is 2.55. The van der Waals surface area contributed by atoms with Gasteiger partial charge in [0.15, 0.2) is 0 Å². The number of nitrogens with two attached hydrogens (primary N) is 1. The van der Waals surface area contributed by atoms with E-state index in [0.29, 0.717) is 23.1 Å². The molecule has 3 N–H and O–H groups in total. The monoisotopic (exact) mass is 244 g/mol. The molecule has 0 bridgehead atoms. The second-order valence-electron chi connectivity index (χ2n) is 5.39. The number of hydrogen-bond donors (Lipinski definition) is 2. The van der Waals surface area contributed by atoms with E-state index in [4.69, 9.17) is 11.0 Å². The van der Waals surface area contributed by atoms with Gasteiger partial charge in [-0.15, -0.1) is 0 Å². The number of rotatable bonds is 2. The van der Waals surface area contributed by atoms with Crippen molar-refractivity contribution in [2.45, 2.75) is 39.2 Å². The van der Waals surface area contributed by atoms with E-state index in [2.05, 4.69) is 30.2 Å². The minimum Gasteiger partial charge on any atom is -0.397 e. The predicted molar refractivity (Wildman–Crippen MR) is 73.0 cm³/mol. The fourth-order valence-electron chi connectivity index (χ4n) is 2.55. The third-order valence-electron chi connectivity index (χ3n) is 3.97. The maximum Gasteiger partial charge on any atom is 0.144 e. The lowest BCUT2D eigenvalue weighted by atomic mass is 9.79. The van der Waals surface area contributed by atoms with Gasteiger partial charge in [-0.3, -0.25) is 0 Å². The van der Waals surface area contributed by atoms with Crippen LogP contribution in [-0.4, -0.2) is 11.0 Å². The first kappa shape index (κ1) is 12.7. The summed E-state index contributed by atoms with van der Waals surface area (Å²) in [5, 5.41) is 12.5. The molecule has 1 heterocycles. The molecule has 1 fully saturated rings. The van der Waals surface area contributed by atoms with E-state index in [-0.39, 0.29) is 0 Å². The van der Waals surface area contributed by atoms with Gasteiger partial charge in [0.05, 0.1) is 17.4 Å². The van der Waals surface area contributed by atoms with E-state index in [1.54, 1.807) is 12.3 Å². The van der Waals surface area contributed by atoms with Gasteiger partial charge < -0.3 is 11.1 Å². The van der Waals surface area contributed by atoms with Gasteiger partial charge in [-0.2, -0.15) is 5.26 Å². The molecule has 1 aromatic heterocycles. The molecule has 0 saturated heterocycles. The molecule has 3 unspecified atom stereocenters. The number of hydrogen-bond acceptors (Lipinski definition) is 4. The Labute approximate surface area is 108 Å². The molecule has 1 aromatic rings. The summed E-state index contributed by atoms with van der Waals surface area (Å²) >= 11 is 0. The molecular weight excluding hydrogens is 224 g/mol. The Morgan fingerprint density at radius 1 is 1.39 bits per heavy atom. The summed E-state index contributed by atoms with van der Waals surface area (Å²) in [4.78, 5) is 4.23. The van der Waals surface area contributed by atoms with Gasteiger partial charge in [0.2, 0.25) is 0 Å². The second kappa shape index (κ2) is 5.26. The van der Waals surface area contributed by atoms with Crippen molar-refractivity contribution in [3.8, 4) is 6.07 Å². The first-order valence-corrected chi connectivity index (χ1v) is 6.52. The second-order valence-corrected chi connectivity index (χ2v) is 5.39. The molecule has 4 heteroatoms. The van der Waals surface area contributed by atoms with Crippen molar-refractivity contribution in [1.29, 1.82) is 5.26 Å². The lowest BCUT2D eigenvalue weighted by Gasteiger charge is -2.32. The molecule has 4 nitrogen and oxygen atoms in total.